The Morgan fingerprint density at radius 2 is 1.73 bits per heavy atom. The van der Waals surface area contributed by atoms with E-state index in [4.69, 9.17) is 16.3 Å². The molecule has 4 bridgehead atoms. The highest BCUT2D eigenvalue weighted by Gasteiger charge is 2.48. The first-order valence-electron chi connectivity index (χ1n) is 10.1. The van der Waals surface area contributed by atoms with Crippen LogP contribution in [0, 0.1) is 29.1 Å². The third-order valence-electron chi connectivity index (χ3n) is 6.65. The van der Waals surface area contributed by atoms with Gasteiger partial charge in [-0.1, -0.05) is 37.6 Å². The Bertz CT molecular complexity index is 644. The fraction of sp³-hybridized carbons (Fsp3) is 0.682. The third kappa shape index (κ3) is 3.88. The van der Waals surface area contributed by atoms with Crippen LogP contribution in [0.25, 0.3) is 0 Å². The van der Waals surface area contributed by atoms with Crippen molar-refractivity contribution in [3.63, 3.8) is 0 Å². The molecule has 4 aliphatic carbocycles. The van der Waals surface area contributed by atoms with Gasteiger partial charge >= 0.3 is 0 Å². The highest BCUT2D eigenvalue weighted by molar-refractivity contribution is 6.32. The lowest BCUT2D eigenvalue weighted by Gasteiger charge is -2.54. The van der Waals surface area contributed by atoms with Gasteiger partial charge in [-0.25, -0.2) is 0 Å². The van der Waals surface area contributed by atoms with E-state index in [0.29, 0.717) is 29.8 Å². The predicted octanol–water partition coefficient (Wildman–Crippen LogP) is 5.08. The molecule has 26 heavy (non-hydrogen) atoms. The largest absolute Gasteiger partial charge is 0.491 e. The fourth-order valence-electron chi connectivity index (χ4n) is 5.72. The summed E-state index contributed by atoms with van der Waals surface area (Å²) in [6.07, 6.45) is 7.25. The van der Waals surface area contributed by atoms with Crippen LogP contribution in [0.2, 0.25) is 5.02 Å². The maximum Gasteiger partial charge on any atom is 0.220 e. The van der Waals surface area contributed by atoms with Crippen molar-refractivity contribution in [2.75, 3.05) is 6.61 Å². The molecule has 0 radical (unpaired) electrons. The number of para-hydroxylation sites is 1. The molecule has 4 fully saturated rings. The van der Waals surface area contributed by atoms with Gasteiger partial charge in [0.25, 0.3) is 0 Å². The molecule has 1 N–H and O–H groups in total. The summed E-state index contributed by atoms with van der Waals surface area (Å²) in [5.41, 5.74) is -0.227. The Labute approximate surface area is 161 Å². The summed E-state index contributed by atoms with van der Waals surface area (Å²) in [6.45, 7) is 4.65. The number of hydrogen-bond donors (Lipinski definition) is 1. The van der Waals surface area contributed by atoms with E-state index in [1.165, 1.54) is 32.1 Å². The molecular weight excluding hydrogens is 346 g/mol. The average molecular weight is 376 g/mol. The maximum atomic E-state index is 12.7. The fourth-order valence-corrected chi connectivity index (χ4v) is 5.91. The van der Waals surface area contributed by atoms with Gasteiger partial charge in [0.1, 0.15) is 5.75 Å². The second-order valence-corrected chi connectivity index (χ2v) is 9.99. The van der Waals surface area contributed by atoms with Crippen LogP contribution in [0.5, 0.6) is 5.75 Å². The minimum Gasteiger partial charge on any atom is -0.491 e. The van der Waals surface area contributed by atoms with E-state index < -0.39 is 0 Å². The molecule has 0 spiro atoms. The number of hydrogen-bond acceptors (Lipinski definition) is 2. The van der Waals surface area contributed by atoms with Crippen LogP contribution in [0.4, 0.5) is 0 Å². The summed E-state index contributed by atoms with van der Waals surface area (Å²) < 4.78 is 5.87. The van der Waals surface area contributed by atoms with E-state index >= 15 is 0 Å². The average Bonchev–Trinajstić information content (AvgIpc) is 2.56. The van der Waals surface area contributed by atoms with Crippen molar-refractivity contribution in [2.45, 2.75) is 58.4 Å². The molecule has 0 heterocycles. The van der Waals surface area contributed by atoms with Crippen LogP contribution < -0.4 is 10.1 Å². The second kappa shape index (κ2) is 7.07. The van der Waals surface area contributed by atoms with Crippen LogP contribution in [0.15, 0.2) is 24.3 Å². The molecular formula is C22H30ClNO2. The van der Waals surface area contributed by atoms with Crippen molar-refractivity contribution in [1.82, 2.24) is 5.32 Å². The highest BCUT2D eigenvalue weighted by atomic mass is 35.5. The van der Waals surface area contributed by atoms with Crippen molar-refractivity contribution in [3.05, 3.63) is 29.3 Å². The number of benzene rings is 1. The zero-order valence-corrected chi connectivity index (χ0v) is 16.6. The van der Waals surface area contributed by atoms with Gasteiger partial charge in [-0.05, 0) is 67.9 Å². The number of halogens is 1. The summed E-state index contributed by atoms with van der Waals surface area (Å²) in [7, 11) is 0. The number of rotatable bonds is 6. The SMILES string of the molecule is CC(C)(COc1ccccc1Cl)CC(=O)NC1C2CC3CC(C2)CC1C3. The Balaban J connectivity index is 1.30. The van der Waals surface area contributed by atoms with Gasteiger partial charge in [-0.3, -0.25) is 4.79 Å². The van der Waals surface area contributed by atoms with Crippen LogP contribution in [0.3, 0.4) is 0 Å². The van der Waals surface area contributed by atoms with Crippen molar-refractivity contribution in [3.8, 4) is 5.75 Å². The zero-order chi connectivity index (χ0) is 18.3. The molecule has 0 saturated heterocycles. The molecule has 1 aromatic carbocycles. The zero-order valence-electron chi connectivity index (χ0n) is 15.8. The summed E-state index contributed by atoms with van der Waals surface area (Å²) in [6, 6.07) is 7.90. The molecule has 142 valence electrons. The predicted molar refractivity (Wildman–Crippen MR) is 104 cm³/mol. The molecule has 5 rings (SSSR count). The molecule has 0 atom stereocenters. The lowest BCUT2D eigenvalue weighted by atomic mass is 9.54. The Morgan fingerprint density at radius 1 is 1.12 bits per heavy atom. The van der Waals surface area contributed by atoms with E-state index in [9.17, 15) is 4.79 Å². The van der Waals surface area contributed by atoms with Crippen LogP contribution in [-0.2, 0) is 4.79 Å². The van der Waals surface area contributed by atoms with Crippen molar-refractivity contribution in [2.24, 2.45) is 29.1 Å². The molecule has 4 saturated carbocycles. The van der Waals surface area contributed by atoms with Gasteiger partial charge < -0.3 is 10.1 Å². The van der Waals surface area contributed by atoms with E-state index in [1.54, 1.807) is 0 Å². The number of amides is 1. The summed E-state index contributed by atoms with van der Waals surface area (Å²) in [4.78, 5) is 12.7. The summed E-state index contributed by atoms with van der Waals surface area (Å²) in [5, 5.41) is 4.02. The van der Waals surface area contributed by atoms with Gasteiger partial charge in [0.05, 0.1) is 11.6 Å². The molecule has 0 aromatic heterocycles. The van der Waals surface area contributed by atoms with Gasteiger partial charge in [0, 0.05) is 17.9 Å². The third-order valence-corrected chi connectivity index (χ3v) is 6.96. The van der Waals surface area contributed by atoms with Crippen LogP contribution in [0.1, 0.15) is 52.4 Å². The Morgan fingerprint density at radius 3 is 2.35 bits per heavy atom. The number of nitrogens with one attached hydrogen (secondary N) is 1. The lowest BCUT2D eigenvalue weighted by Crippen LogP contribution is -2.56. The standard InChI is InChI=1S/C22H30ClNO2/c1-22(2,13-26-19-6-4-3-5-18(19)23)12-20(25)24-21-16-8-14-7-15(10-16)11-17(21)9-14/h3-6,14-17,21H,7-13H2,1-2H3,(H,24,25). The van der Waals surface area contributed by atoms with E-state index in [-0.39, 0.29) is 11.3 Å². The molecule has 4 heteroatoms. The first-order chi connectivity index (χ1) is 12.4. The first kappa shape index (κ1) is 18.2. The van der Waals surface area contributed by atoms with Crippen LogP contribution in [-0.4, -0.2) is 18.6 Å². The second-order valence-electron chi connectivity index (χ2n) is 9.58. The van der Waals surface area contributed by atoms with E-state index in [0.717, 1.165) is 23.7 Å². The molecule has 3 nitrogen and oxygen atoms in total. The maximum absolute atomic E-state index is 12.7. The number of ether oxygens (including phenoxy) is 1. The van der Waals surface area contributed by atoms with Gasteiger partial charge in [0.15, 0.2) is 0 Å². The molecule has 0 aliphatic heterocycles. The van der Waals surface area contributed by atoms with E-state index in [2.05, 4.69) is 19.2 Å². The van der Waals surface area contributed by atoms with E-state index in [1.807, 2.05) is 24.3 Å². The summed E-state index contributed by atoms with van der Waals surface area (Å²) >= 11 is 6.15. The number of carbonyl (C=O) groups is 1. The Kier molecular flexibility index (Phi) is 4.94. The minimum atomic E-state index is -0.227. The normalized spacial score (nSPS) is 32.5. The highest BCUT2D eigenvalue weighted by Crippen LogP contribution is 2.53. The van der Waals surface area contributed by atoms with Crippen LogP contribution >= 0.6 is 11.6 Å². The first-order valence-corrected chi connectivity index (χ1v) is 10.4. The quantitative estimate of drug-likeness (QED) is 0.753. The van der Waals surface area contributed by atoms with Crippen molar-refractivity contribution in [1.29, 1.82) is 0 Å². The van der Waals surface area contributed by atoms with Crippen molar-refractivity contribution < 1.29 is 9.53 Å². The molecule has 0 unspecified atom stereocenters. The lowest BCUT2D eigenvalue weighted by molar-refractivity contribution is -0.127. The molecule has 1 amide bonds. The van der Waals surface area contributed by atoms with Gasteiger partial charge in [-0.2, -0.15) is 0 Å². The minimum absolute atomic E-state index is 0.176. The molecule has 1 aromatic rings. The van der Waals surface area contributed by atoms with Crippen molar-refractivity contribution >= 4 is 17.5 Å². The molecule has 4 aliphatic rings. The summed E-state index contributed by atoms with van der Waals surface area (Å²) in [5.74, 6) is 4.17. The Hall–Kier alpha value is -1.22. The monoisotopic (exact) mass is 375 g/mol. The smallest absolute Gasteiger partial charge is 0.220 e. The van der Waals surface area contributed by atoms with Gasteiger partial charge in [0.2, 0.25) is 5.91 Å². The number of carbonyl (C=O) groups excluding carboxylic acids is 1. The topological polar surface area (TPSA) is 38.3 Å². The van der Waals surface area contributed by atoms with Gasteiger partial charge in [-0.15, -0.1) is 0 Å².